The smallest absolute Gasteiger partial charge is 0.0205 e. The van der Waals surface area contributed by atoms with E-state index in [4.69, 9.17) is 0 Å². The molecule has 1 heteroatoms. The zero-order valence-corrected chi connectivity index (χ0v) is 12.2. The van der Waals surface area contributed by atoms with E-state index < -0.39 is 0 Å². The zero-order valence-electron chi connectivity index (χ0n) is 12.2. The van der Waals surface area contributed by atoms with Crippen molar-refractivity contribution in [3.8, 4) is 11.1 Å². The third-order valence-electron chi connectivity index (χ3n) is 3.49. The van der Waals surface area contributed by atoms with Gasteiger partial charge in [0.05, 0.1) is 0 Å². The Morgan fingerprint density at radius 3 is 2.37 bits per heavy atom. The summed E-state index contributed by atoms with van der Waals surface area (Å²) in [5, 5.41) is 3.46. The lowest BCUT2D eigenvalue weighted by Crippen LogP contribution is -2.13. The van der Waals surface area contributed by atoms with E-state index in [0.29, 0.717) is 0 Å². The highest BCUT2D eigenvalue weighted by atomic mass is 14.8. The molecule has 2 aromatic carbocycles. The minimum absolute atomic E-state index is 0.951. The van der Waals surface area contributed by atoms with Gasteiger partial charge < -0.3 is 5.32 Å². The minimum Gasteiger partial charge on any atom is -0.313 e. The number of benzene rings is 2. The molecule has 2 aromatic rings. The van der Waals surface area contributed by atoms with Gasteiger partial charge in [-0.05, 0) is 60.7 Å². The number of hydrogen-bond acceptors (Lipinski definition) is 1. The summed E-state index contributed by atoms with van der Waals surface area (Å²) >= 11 is 0. The predicted molar refractivity (Wildman–Crippen MR) is 83.3 cm³/mol. The summed E-state index contributed by atoms with van der Waals surface area (Å²) in [6.07, 6.45) is 1.18. The molecule has 0 amide bonds. The van der Waals surface area contributed by atoms with E-state index >= 15 is 0 Å². The van der Waals surface area contributed by atoms with Crippen LogP contribution in [-0.4, -0.2) is 6.54 Å². The van der Waals surface area contributed by atoms with Crippen molar-refractivity contribution in [1.82, 2.24) is 5.32 Å². The molecule has 1 N–H and O–H groups in total. The van der Waals surface area contributed by atoms with Crippen LogP contribution in [0.3, 0.4) is 0 Å². The maximum Gasteiger partial charge on any atom is 0.0205 e. The molecule has 0 aliphatic rings. The zero-order chi connectivity index (χ0) is 13.7. The van der Waals surface area contributed by atoms with Crippen molar-refractivity contribution < 1.29 is 0 Å². The van der Waals surface area contributed by atoms with E-state index in [-0.39, 0.29) is 0 Å². The van der Waals surface area contributed by atoms with Crippen molar-refractivity contribution in [2.75, 3.05) is 6.54 Å². The Labute approximate surface area is 116 Å². The van der Waals surface area contributed by atoms with Gasteiger partial charge >= 0.3 is 0 Å². The molecule has 1 nitrogen and oxygen atoms in total. The fourth-order valence-corrected chi connectivity index (χ4v) is 2.35. The molecule has 0 aliphatic carbocycles. The topological polar surface area (TPSA) is 12.0 Å². The summed E-state index contributed by atoms with van der Waals surface area (Å²) in [6, 6.07) is 15.4. The standard InChI is InChI=1S/C18H23N/c1-4-11-19-13-16-10-9-15(3)18(12-16)17-8-6-5-7-14(17)2/h5-10,12,19H,4,11,13H2,1-3H3. The molecule has 0 saturated heterocycles. The number of hydrogen-bond donors (Lipinski definition) is 1. The van der Waals surface area contributed by atoms with Crippen molar-refractivity contribution in [2.45, 2.75) is 33.7 Å². The largest absolute Gasteiger partial charge is 0.313 e. The van der Waals surface area contributed by atoms with Crippen LogP contribution in [0.25, 0.3) is 11.1 Å². The molecular weight excluding hydrogens is 230 g/mol. The lowest BCUT2D eigenvalue weighted by molar-refractivity contribution is 0.675. The van der Waals surface area contributed by atoms with Crippen LogP contribution in [0.1, 0.15) is 30.0 Å². The van der Waals surface area contributed by atoms with E-state index in [1.807, 2.05) is 0 Å². The molecule has 100 valence electrons. The summed E-state index contributed by atoms with van der Waals surface area (Å²) < 4.78 is 0. The van der Waals surface area contributed by atoms with Crippen LogP contribution in [-0.2, 0) is 6.54 Å². The van der Waals surface area contributed by atoms with E-state index in [0.717, 1.165) is 13.1 Å². The first kappa shape index (κ1) is 13.8. The fraction of sp³-hybridized carbons (Fsp3) is 0.333. The Bertz CT molecular complexity index is 543. The predicted octanol–water partition coefficient (Wildman–Crippen LogP) is 4.47. The molecule has 0 saturated carbocycles. The number of aryl methyl sites for hydroxylation is 2. The van der Waals surface area contributed by atoms with Crippen LogP contribution in [0.15, 0.2) is 42.5 Å². The SMILES string of the molecule is CCCNCc1ccc(C)c(-c2ccccc2C)c1. The average molecular weight is 253 g/mol. The van der Waals surface area contributed by atoms with E-state index in [2.05, 4.69) is 68.6 Å². The molecule has 0 unspecified atom stereocenters. The van der Waals surface area contributed by atoms with Crippen molar-refractivity contribution in [1.29, 1.82) is 0 Å². The second-order valence-corrected chi connectivity index (χ2v) is 5.14. The monoisotopic (exact) mass is 253 g/mol. The van der Waals surface area contributed by atoms with Gasteiger partial charge in [0, 0.05) is 6.54 Å². The van der Waals surface area contributed by atoms with Crippen LogP contribution < -0.4 is 5.32 Å². The molecule has 19 heavy (non-hydrogen) atoms. The summed E-state index contributed by atoms with van der Waals surface area (Å²) in [5.74, 6) is 0. The average Bonchev–Trinajstić information content (AvgIpc) is 2.42. The van der Waals surface area contributed by atoms with Gasteiger partial charge in [0.2, 0.25) is 0 Å². The van der Waals surface area contributed by atoms with Crippen LogP contribution in [0.5, 0.6) is 0 Å². The van der Waals surface area contributed by atoms with E-state index in [1.54, 1.807) is 0 Å². The van der Waals surface area contributed by atoms with Crippen molar-refractivity contribution >= 4 is 0 Å². The molecule has 0 spiro atoms. The highest BCUT2D eigenvalue weighted by Crippen LogP contribution is 2.27. The highest BCUT2D eigenvalue weighted by Gasteiger charge is 2.05. The van der Waals surface area contributed by atoms with E-state index in [1.165, 1.54) is 34.2 Å². The van der Waals surface area contributed by atoms with Crippen molar-refractivity contribution in [2.24, 2.45) is 0 Å². The highest BCUT2D eigenvalue weighted by molar-refractivity contribution is 5.70. The van der Waals surface area contributed by atoms with Gasteiger partial charge in [0.25, 0.3) is 0 Å². The number of rotatable bonds is 5. The molecular formula is C18H23N. The summed E-state index contributed by atoms with van der Waals surface area (Å²) in [4.78, 5) is 0. The van der Waals surface area contributed by atoms with Crippen LogP contribution in [0.2, 0.25) is 0 Å². The van der Waals surface area contributed by atoms with Gasteiger partial charge in [0.15, 0.2) is 0 Å². The summed E-state index contributed by atoms with van der Waals surface area (Å²) in [6.45, 7) is 8.59. The molecule has 0 aliphatic heterocycles. The van der Waals surface area contributed by atoms with Crippen molar-refractivity contribution in [3.63, 3.8) is 0 Å². The summed E-state index contributed by atoms with van der Waals surface area (Å²) in [7, 11) is 0. The van der Waals surface area contributed by atoms with Gasteiger partial charge in [-0.25, -0.2) is 0 Å². The Hall–Kier alpha value is -1.60. The Morgan fingerprint density at radius 1 is 0.895 bits per heavy atom. The molecule has 0 atom stereocenters. The Balaban J connectivity index is 2.30. The molecule has 0 aromatic heterocycles. The van der Waals surface area contributed by atoms with Gasteiger partial charge in [-0.2, -0.15) is 0 Å². The molecule has 0 heterocycles. The van der Waals surface area contributed by atoms with Gasteiger partial charge in [-0.15, -0.1) is 0 Å². The molecule has 0 bridgehead atoms. The van der Waals surface area contributed by atoms with Crippen LogP contribution in [0.4, 0.5) is 0 Å². The maximum absolute atomic E-state index is 3.46. The molecule has 2 rings (SSSR count). The second kappa shape index (κ2) is 6.53. The van der Waals surface area contributed by atoms with Gasteiger partial charge in [-0.3, -0.25) is 0 Å². The first-order valence-electron chi connectivity index (χ1n) is 7.08. The van der Waals surface area contributed by atoms with Crippen LogP contribution in [0, 0.1) is 13.8 Å². The Kier molecular flexibility index (Phi) is 4.75. The normalized spacial score (nSPS) is 10.7. The third-order valence-corrected chi connectivity index (χ3v) is 3.49. The summed E-state index contributed by atoms with van der Waals surface area (Å²) in [5.41, 5.74) is 6.74. The van der Waals surface area contributed by atoms with E-state index in [9.17, 15) is 0 Å². The maximum atomic E-state index is 3.46. The quantitative estimate of drug-likeness (QED) is 0.775. The minimum atomic E-state index is 0.951. The molecule has 0 fully saturated rings. The van der Waals surface area contributed by atoms with Crippen molar-refractivity contribution in [3.05, 3.63) is 59.2 Å². The second-order valence-electron chi connectivity index (χ2n) is 5.14. The van der Waals surface area contributed by atoms with Gasteiger partial charge in [-0.1, -0.05) is 43.3 Å². The first-order chi connectivity index (χ1) is 9.22. The third kappa shape index (κ3) is 3.45. The number of nitrogens with one attached hydrogen (secondary N) is 1. The van der Waals surface area contributed by atoms with Crippen LogP contribution >= 0.6 is 0 Å². The van der Waals surface area contributed by atoms with Gasteiger partial charge in [0.1, 0.15) is 0 Å². The lowest BCUT2D eigenvalue weighted by atomic mass is 9.95. The lowest BCUT2D eigenvalue weighted by Gasteiger charge is -2.12. The first-order valence-corrected chi connectivity index (χ1v) is 7.08. The molecule has 0 radical (unpaired) electrons. The Morgan fingerprint density at radius 2 is 1.63 bits per heavy atom. The fourth-order valence-electron chi connectivity index (χ4n) is 2.35.